The Kier molecular flexibility index (Phi) is 63.3. The average molecular weight is 1310 g/mol. The zero-order chi connectivity index (χ0) is 65.4. The third kappa shape index (κ3) is 64.6. The molecule has 0 saturated carbocycles. The molecule has 0 heterocycles. The van der Waals surface area contributed by atoms with Gasteiger partial charge in [0.2, 0.25) is 0 Å². The summed E-state index contributed by atoms with van der Waals surface area (Å²) in [6, 6.07) is 0. The Morgan fingerprint density at radius 3 is 0.663 bits per heavy atom. The van der Waals surface area contributed by atoms with Crippen LogP contribution in [0, 0.1) is 0 Å². The molecule has 0 aliphatic heterocycles. The number of hydrogen-bond acceptors (Lipinski definition) is 15. The lowest BCUT2D eigenvalue weighted by molar-refractivity contribution is -0.161. The lowest BCUT2D eigenvalue weighted by Crippen LogP contribution is -2.30. The van der Waals surface area contributed by atoms with Crippen LogP contribution in [0.4, 0.5) is 0 Å². The predicted molar refractivity (Wildman–Crippen MR) is 359 cm³/mol. The predicted octanol–water partition coefficient (Wildman–Crippen LogP) is 20.3. The third-order valence-corrected chi connectivity index (χ3v) is 18.3. The molecule has 89 heavy (non-hydrogen) atoms. The van der Waals surface area contributed by atoms with Crippen molar-refractivity contribution in [3.8, 4) is 0 Å². The largest absolute Gasteiger partial charge is 0.472 e. The molecule has 528 valence electrons. The molecule has 0 fully saturated rings. The van der Waals surface area contributed by atoms with Crippen LogP contribution in [0.15, 0.2) is 0 Å². The van der Waals surface area contributed by atoms with Crippen molar-refractivity contribution in [2.75, 3.05) is 39.6 Å². The summed E-state index contributed by atoms with van der Waals surface area (Å²) in [4.78, 5) is 72.5. The summed E-state index contributed by atoms with van der Waals surface area (Å²) >= 11 is 0. The Hall–Kier alpha value is -1.94. The molecule has 0 amide bonds. The second kappa shape index (κ2) is 64.8. The summed E-state index contributed by atoms with van der Waals surface area (Å²) in [5.41, 5.74) is 0. The number of phosphoric ester groups is 2. The highest BCUT2D eigenvalue weighted by molar-refractivity contribution is 7.47. The van der Waals surface area contributed by atoms with E-state index in [1.54, 1.807) is 0 Å². The summed E-state index contributed by atoms with van der Waals surface area (Å²) < 4.78 is 68.3. The molecule has 3 N–H and O–H groups in total. The Morgan fingerprint density at radius 2 is 0.449 bits per heavy atom. The lowest BCUT2D eigenvalue weighted by atomic mass is 10.0. The van der Waals surface area contributed by atoms with E-state index in [-0.39, 0.29) is 25.7 Å². The van der Waals surface area contributed by atoms with Crippen molar-refractivity contribution < 1.29 is 80.2 Å². The van der Waals surface area contributed by atoms with Gasteiger partial charge in [0.05, 0.1) is 26.4 Å². The van der Waals surface area contributed by atoms with E-state index in [0.29, 0.717) is 25.7 Å². The first-order chi connectivity index (χ1) is 43.2. The van der Waals surface area contributed by atoms with Gasteiger partial charge in [0.1, 0.15) is 19.3 Å². The summed E-state index contributed by atoms with van der Waals surface area (Å²) in [5, 5.41) is 10.6. The Balaban J connectivity index is 5.23. The van der Waals surface area contributed by atoms with Crippen molar-refractivity contribution in [1.82, 2.24) is 0 Å². The molecule has 0 aliphatic carbocycles. The maximum atomic E-state index is 13.0. The minimum atomic E-state index is -4.95. The van der Waals surface area contributed by atoms with Gasteiger partial charge in [-0.2, -0.15) is 0 Å². The smallest absolute Gasteiger partial charge is 0.462 e. The van der Waals surface area contributed by atoms with E-state index in [0.717, 1.165) is 89.9 Å². The second-order valence-electron chi connectivity index (χ2n) is 25.3. The second-order valence-corrected chi connectivity index (χ2v) is 28.2. The van der Waals surface area contributed by atoms with Crippen molar-refractivity contribution >= 4 is 39.5 Å². The number of esters is 4. The van der Waals surface area contributed by atoms with Crippen molar-refractivity contribution in [2.45, 2.75) is 386 Å². The molecule has 0 aromatic rings. The Bertz CT molecular complexity index is 1710. The molecule has 5 atom stereocenters. The number of aliphatic hydroxyl groups excluding tert-OH is 1. The molecule has 2 unspecified atom stereocenters. The van der Waals surface area contributed by atoms with Gasteiger partial charge in [-0.05, 0) is 25.7 Å². The highest BCUT2D eigenvalue weighted by atomic mass is 31.2. The van der Waals surface area contributed by atoms with Gasteiger partial charge in [-0.3, -0.25) is 37.3 Å². The SMILES string of the molecule is CCCCCCCCCCCCCCCCCC(=O)O[C@H](COC(=O)CCCCCCCCCCCCCCC)COP(=O)(O)OC[C@@H](O)COP(=O)(O)OC[C@@H](COC(=O)CCCCCCCCCCC)OC(=O)CCCCCCCCCCCCCC. The summed E-state index contributed by atoms with van der Waals surface area (Å²) in [6.45, 7) is 4.94. The maximum absolute atomic E-state index is 13.0. The van der Waals surface area contributed by atoms with Crippen LogP contribution in [0.3, 0.4) is 0 Å². The number of ether oxygens (including phenoxy) is 4. The van der Waals surface area contributed by atoms with Crippen molar-refractivity contribution in [1.29, 1.82) is 0 Å². The fraction of sp³-hybridized carbons (Fsp3) is 0.943. The topological polar surface area (TPSA) is 237 Å². The molecule has 0 aromatic carbocycles. The van der Waals surface area contributed by atoms with Gasteiger partial charge in [-0.25, -0.2) is 9.13 Å². The number of carbonyl (C=O) groups is 4. The molecular formula is C70H136O17P2. The molecule has 0 aromatic heterocycles. The molecule has 17 nitrogen and oxygen atoms in total. The zero-order valence-corrected chi connectivity index (χ0v) is 59.2. The van der Waals surface area contributed by atoms with Crippen LogP contribution >= 0.6 is 15.6 Å². The fourth-order valence-electron chi connectivity index (χ4n) is 10.7. The number of rotatable bonds is 71. The first-order valence-electron chi connectivity index (χ1n) is 36.8. The third-order valence-electron chi connectivity index (χ3n) is 16.4. The van der Waals surface area contributed by atoms with Gasteiger partial charge in [0, 0.05) is 25.7 Å². The highest BCUT2D eigenvalue weighted by Crippen LogP contribution is 2.45. The molecule has 0 saturated heterocycles. The molecule has 0 rings (SSSR count). The number of aliphatic hydroxyl groups is 1. The van der Waals surface area contributed by atoms with Crippen LogP contribution < -0.4 is 0 Å². The van der Waals surface area contributed by atoms with Gasteiger partial charge < -0.3 is 33.8 Å². The minimum Gasteiger partial charge on any atom is -0.462 e. The standard InChI is InChI=1S/C70H136O17P2/c1-5-9-13-17-21-25-28-31-32-34-37-41-45-49-53-57-70(75)87-66(61-81-68(73)55-51-47-43-39-36-33-29-26-22-18-14-10-6-2)63-85-89(78,79)83-59-64(71)58-82-88(76,77)84-62-65(60-80-67(72)54-50-46-42-38-24-20-16-12-8-4)86-69(74)56-52-48-44-40-35-30-27-23-19-15-11-7-3/h64-66,71H,5-63H2,1-4H3,(H,76,77)(H,78,79)/t64-,65+,66+/m0/s1. The van der Waals surface area contributed by atoms with Crippen molar-refractivity contribution in [3.63, 3.8) is 0 Å². The molecule has 0 spiro atoms. The van der Waals surface area contributed by atoms with Gasteiger partial charge in [-0.1, -0.05) is 317 Å². The zero-order valence-electron chi connectivity index (χ0n) is 57.4. The quantitative estimate of drug-likeness (QED) is 0.0222. The highest BCUT2D eigenvalue weighted by Gasteiger charge is 2.30. The van der Waals surface area contributed by atoms with E-state index in [2.05, 4.69) is 27.7 Å². The number of unbranched alkanes of at least 4 members (excludes halogenated alkanes) is 45. The van der Waals surface area contributed by atoms with Crippen LogP contribution in [0.2, 0.25) is 0 Å². The van der Waals surface area contributed by atoms with Crippen LogP contribution in [0.5, 0.6) is 0 Å². The Morgan fingerprint density at radius 1 is 0.270 bits per heavy atom. The van der Waals surface area contributed by atoms with Crippen LogP contribution in [-0.2, 0) is 65.4 Å². The van der Waals surface area contributed by atoms with E-state index >= 15 is 0 Å². The van der Waals surface area contributed by atoms with Crippen molar-refractivity contribution in [3.05, 3.63) is 0 Å². The molecular weight excluding hydrogens is 1170 g/mol. The first kappa shape index (κ1) is 87.1. The van der Waals surface area contributed by atoms with Gasteiger partial charge in [0.25, 0.3) is 0 Å². The minimum absolute atomic E-state index is 0.108. The van der Waals surface area contributed by atoms with E-state index in [9.17, 15) is 43.2 Å². The van der Waals surface area contributed by atoms with Crippen molar-refractivity contribution in [2.24, 2.45) is 0 Å². The van der Waals surface area contributed by atoms with Crippen LogP contribution in [0.1, 0.15) is 368 Å². The monoisotopic (exact) mass is 1310 g/mol. The summed E-state index contributed by atoms with van der Waals surface area (Å²) in [7, 11) is -9.89. The molecule has 19 heteroatoms. The fourth-order valence-corrected chi connectivity index (χ4v) is 12.3. The van der Waals surface area contributed by atoms with Gasteiger partial charge in [0.15, 0.2) is 12.2 Å². The summed E-state index contributed by atoms with van der Waals surface area (Å²) in [5.74, 6) is -2.12. The van der Waals surface area contributed by atoms with E-state index < -0.39 is 97.5 Å². The molecule has 0 radical (unpaired) electrons. The number of carbonyl (C=O) groups excluding carboxylic acids is 4. The number of phosphoric acid groups is 2. The van der Waals surface area contributed by atoms with E-state index in [1.807, 2.05) is 0 Å². The van der Waals surface area contributed by atoms with Gasteiger partial charge in [-0.15, -0.1) is 0 Å². The van der Waals surface area contributed by atoms with Gasteiger partial charge >= 0.3 is 39.5 Å². The van der Waals surface area contributed by atoms with E-state index in [1.165, 1.54) is 199 Å². The normalized spacial score (nSPS) is 14.0. The molecule has 0 bridgehead atoms. The lowest BCUT2D eigenvalue weighted by Gasteiger charge is -2.21. The van der Waals surface area contributed by atoms with E-state index in [4.69, 9.17) is 37.0 Å². The maximum Gasteiger partial charge on any atom is 0.472 e. The average Bonchev–Trinajstić information content (AvgIpc) is 3.73. The molecule has 0 aliphatic rings. The van der Waals surface area contributed by atoms with Crippen LogP contribution in [-0.4, -0.2) is 96.7 Å². The number of hydrogen-bond donors (Lipinski definition) is 3. The van der Waals surface area contributed by atoms with Crippen LogP contribution in [0.25, 0.3) is 0 Å². The summed E-state index contributed by atoms with van der Waals surface area (Å²) in [6.07, 6.45) is 52.5. The first-order valence-corrected chi connectivity index (χ1v) is 39.8. The Labute approximate surface area is 543 Å².